The van der Waals surface area contributed by atoms with Crippen LogP contribution in [0.25, 0.3) is 0 Å². The van der Waals surface area contributed by atoms with Crippen molar-refractivity contribution in [2.45, 2.75) is 64.3 Å². The molecule has 1 atom stereocenters. The van der Waals surface area contributed by atoms with Crippen LogP contribution in [0.3, 0.4) is 0 Å². The van der Waals surface area contributed by atoms with Crippen molar-refractivity contribution in [2.75, 3.05) is 6.61 Å². The summed E-state index contributed by atoms with van der Waals surface area (Å²) in [5, 5.41) is 8.92. The minimum Gasteiger partial charge on any atom is -0.394 e. The quantitative estimate of drug-likeness (QED) is 0.625. The molecular weight excluding hydrogens is 174 g/mol. The van der Waals surface area contributed by atoms with Crippen molar-refractivity contribution in [2.24, 2.45) is 4.99 Å². The fourth-order valence-corrected chi connectivity index (χ4v) is 1.97. The number of rotatable bonds is 7. The third-order valence-corrected chi connectivity index (χ3v) is 2.91. The van der Waals surface area contributed by atoms with Gasteiger partial charge in [-0.2, -0.15) is 0 Å². The van der Waals surface area contributed by atoms with Gasteiger partial charge in [-0.15, -0.1) is 0 Å². The Morgan fingerprint density at radius 1 is 1.29 bits per heavy atom. The van der Waals surface area contributed by atoms with Crippen LogP contribution in [0.5, 0.6) is 0 Å². The first kappa shape index (κ1) is 11.7. The van der Waals surface area contributed by atoms with Gasteiger partial charge in [0.05, 0.1) is 12.6 Å². The fourth-order valence-electron chi connectivity index (χ4n) is 1.97. The van der Waals surface area contributed by atoms with Gasteiger partial charge in [0.1, 0.15) is 0 Å². The average molecular weight is 197 g/mol. The van der Waals surface area contributed by atoms with Crippen molar-refractivity contribution >= 4 is 5.71 Å². The molecule has 0 amide bonds. The molecule has 0 saturated carbocycles. The molecule has 2 nitrogen and oxygen atoms in total. The van der Waals surface area contributed by atoms with E-state index in [0.29, 0.717) is 0 Å². The van der Waals surface area contributed by atoms with E-state index in [0.717, 1.165) is 12.8 Å². The molecule has 82 valence electrons. The molecule has 1 rings (SSSR count). The highest BCUT2D eigenvalue weighted by Gasteiger charge is 2.15. The van der Waals surface area contributed by atoms with E-state index in [1.54, 1.807) is 0 Å². The van der Waals surface area contributed by atoms with Crippen molar-refractivity contribution in [3.63, 3.8) is 0 Å². The van der Waals surface area contributed by atoms with Crippen LogP contribution in [-0.2, 0) is 0 Å². The monoisotopic (exact) mass is 197 g/mol. The van der Waals surface area contributed by atoms with Crippen LogP contribution in [0.1, 0.15) is 58.3 Å². The summed E-state index contributed by atoms with van der Waals surface area (Å²) < 4.78 is 0. The predicted octanol–water partition coefficient (Wildman–Crippen LogP) is 2.94. The summed E-state index contributed by atoms with van der Waals surface area (Å²) >= 11 is 0. The van der Waals surface area contributed by atoms with Crippen LogP contribution in [0.4, 0.5) is 0 Å². The average Bonchev–Trinajstić information content (AvgIpc) is 2.65. The Morgan fingerprint density at radius 3 is 2.71 bits per heavy atom. The Balaban J connectivity index is 2.02. The van der Waals surface area contributed by atoms with Crippen LogP contribution in [-0.4, -0.2) is 23.5 Å². The van der Waals surface area contributed by atoms with Crippen molar-refractivity contribution in [3.05, 3.63) is 0 Å². The lowest BCUT2D eigenvalue weighted by Gasteiger charge is -2.00. The first-order chi connectivity index (χ1) is 6.86. The van der Waals surface area contributed by atoms with Gasteiger partial charge in [0.2, 0.25) is 0 Å². The number of nitrogens with zero attached hydrogens (tertiary/aromatic N) is 1. The maximum atomic E-state index is 8.92. The SMILES string of the molecule is CCCCCCCC1=N[C@H](CO)CC1. The number of aliphatic hydroxyl groups is 1. The van der Waals surface area contributed by atoms with Crippen molar-refractivity contribution < 1.29 is 5.11 Å². The van der Waals surface area contributed by atoms with Gasteiger partial charge >= 0.3 is 0 Å². The molecular formula is C12H23NO. The third-order valence-electron chi connectivity index (χ3n) is 2.91. The van der Waals surface area contributed by atoms with E-state index in [1.807, 2.05) is 0 Å². The zero-order valence-corrected chi connectivity index (χ0v) is 9.34. The lowest BCUT2D eigenvalue weighted by molar-refractivity contribution is 0.267. The second kappa shape index (κ2) is 6.99. The second-order valence-electron chi connectivity index (χ2n) is 4.23. The third kappa shape index (κ3) is 4.23. The zero-order chi connectivity index (χ0) is 10.2. The van der Waals surface area contributed by atoms with Gasteiger partial charge in [-0.05, 0) is 25.7 Å². The summed E-state index contributed by atoms with van der Waals surface area (Å²) in [5.74, 6) is 0. The molecule has 0 unspecified atom stereocenters. The number of hydrogen-bond donors (Lipinski definition) is 1. The number of aliphatic imine (C=N–C) groups is 1. The van der Waals surface area contributed by atoms with Crippen LogP contribution >= 0.6 is 0 Å². The lowest BCUT2D eigenvalue weighted by Crippen LogP contribution is -2.04. The molecule has 1 aliphatic rings. The van der Waals surface area contributed by atoms with E-state index in [-0.39, 0.29) is 12.6 Å². The van der Waals surface area contributed by atoms with Gasteiger partial charge in [-0.1, -0.05) is 32.6 Å². The van der Waals surface area contributed by atoms with Gasteiger partial charge < -0.3 is 5.11 Å². The summed E-state index contributed by atoms with van der Waals surface area (Å²) in [5.41, 5.74) is 1.35. The van der Waals surface area contributed by atoms with Gasteiger partial charge in [0.15, 0.2) is 0 Å². The second-order valence-corrected chi connectivity index (χ2v) is 4.23. The standard InChI is InChI=1S/C12H23NO/c1-2-3-4-5-6-7-11-8-9-12(10-14)13-11/h12,14H,2-10H2,1H3/t12-/m0/s1. The van der Waals surface area contributed by atoms with Gasteiger partial charge in [-0.3, -0.25) is 4.99 Å². The molecule has 1 N–H and O–H groups in total. The van der Waals surface area contributed by atoms with Crippen LogP contribution in [0.2, 0.25) is 0 Å². The minimum atomic E-state index is 0.223. The largest absolute Gasteiger partial charge is 0.394 e. The van der Waals surface area contributed by atoms with E-state index < -0.39 is 0 Å². The maximum absolute atomic E-state index is 8.92. The topological polar surface area (TPSA) is 32.6 Å². The van der Waals surface area contributed by atoms with E-state index in [2.05, 4.69) is 11.9 Å². The van der Waals surface area contributed by atoms with Crippen molar-refractivity contribution in [1.29, 1.82) is 0 Å². The first-order valence-electron chi connectivity index (χ1n) is 6.03. The minimum absolute atomic E-state index is 0.223. The molecule has 0 radical (unpaired) electrons. The number of aliphatic hydroxyl groups excluding tert-OH is 1. The van der Waals surface area contributed by atoms with Gasteiger partial charge in [0.25, 0.3) is 0 Å². The summed E-state index contributed by atoms with van der Waals surface area (Å²) in [7, 11) is 0. The Morgan fingerprint density at radius 2 is 2.07 bits per heavy atom. The van der Waals surface area contributed by atoms with Gasteiger partial charge in [0, 0.05) is 5.71 Å². The van der Waals surface area contributed by atoms with Gasteiger partial charge in [-0.25, -0.2) is 0 Å². The molecule has 0 aromatic heterocycles. The van der Waals surface area contributed by atoms with E-state index >= 15 is 0 Å². The molecule has 1 aliphatic heterocycles. The number of hydrogen-bond acceptors (Lipinski definition) is 2. The molecule has 14 heavy (non-hydrogen) atoms. The highest BCUT2D eigenvalue weighted by Crippen LogP contribution is 2.17. The number of unbranched alkanes of at least 4 members (excludes halogenated alkanes) is 4. The maximum Gasteiger partial charge on any atom is 0.0733 e. The summed E-state index contributed by atoms with van der Waals surface area (Å²) in [6.45, 7) is 2.48. The van der Waals surface area contributed by atoms with Crippen molar-refractivity contribution in [3.8, 4) is 0 Å². The summed E-state index contributed by atoms with van der Waals surface area (Å²) in [6.07, 6.45) is 10.0. The Hall–Kier alpha value is -0.370. The Labute approximate surface area is 87.4 Å². The molecule has 0 aromatic rings. The smallest absolute Gasteiger partial charge is 0.0733 e. The molecule has 0 aromatic carbocycles. The highest BCUT2D eigenvalue weighted by molar-refractivity contribution is 5.86. The molecule has 0 spiro atoms. The molecule has 1 heterocycles. The van der Waals surface area contributed by atoms with E-state index in [9.17, 15) is 0 Å². The zero-order valence-electron chi connectivity index (χ0n) is 9.34. The van der Waals surface area contributed by atoms with Crippen molar-refractivity contribution in [1.82, 2.24) is 0 Å². The van der Waals surface area contributed by atoms with E-state index in [1.165, 1.54) is 44.2 Å². The van der Waals surface area contributed by atoms with Crippen LogP contribution < -0.4 is 0 Å². The molecule has 0 bridgehead atoms. The normalized spacial score (nSPS) is 21.3. The molecule has 0 aliphatic carbocycles. The summed E-state index contributed by atoms with van der Waals surface area (Å²) in [4.78, 5) is 4.49. The van der Waals surface area contributed by atoms with Crippen LogP contribution in [0, 0.1) is 0 Å². The first-order valence-corrected chi connectivity index (χ1v) is 6.03. The lowest BCUT2D eigenvalue weighted by atomic mass is 10.1. The van der Waals surface area contributed by atoms with Crippen LogP contribution in [0.15, 0.2) is 4.99 Å². The molecule has 0 fully saturated rings. The highest BCUT2D eigenvalue weighted by atomic mass is 16.3. The fraction of sp³-hybridized carbons (Fsp3) is 0.917. The summed E-state index contributed by atoms with van der Waals surface area (Å²) in [6, 6.07) is 0.223. The molecule has 2 heteroatoms. The Bertz CT molecular complexity index is 177. The molecule has 0 saturated heterocycles. The predicted molar refractivity (Wildman–Crippen MR) is 60.9 cm³/mol. The van der Waals surface area contributed by atoms with E-state index in [4.69, 9.17) is 5.11 Å². The Kier molecular flexibility index (Phi) is 5.85.